The minimum absolute atomic E-state index is 0.0368. The number of rotatable bonds is 2. The second-order valence-corrected chi connectivity index (χ2v) is 4.78. The predicted molar refractivity (Wildman–Crippen MR) is 70.3 cm³/mol. The van der Waals surface area contributed by atoms with Crippen LogP contribution in [0, 0.1) is 11.6 Å². The standard InChI is InChI=1S/C15H11F2NO3/c16-7-4-10-11(6-21-14(10)12(17)5-7)8-2-1-3-9(13(8)19)15(18)20/h1-5,11,19H,6H2,(H2,18,20)/t11-/m0/s1. The van der Waals surface area contributed by atoms with Gasteiger partial charge in [-0.25, -0.2) is 8.78 Å². The van der Waals surface area contributed by atoms with E-state index in [1.165, 1.54) is 6.07 Å². The van der Waals surface area contributed by atoms with E-state index in [1.807, 2.05) is 0 Å². The van der Waals surface area contributed by atoms with Crippen LogP contribution in [-0.4, -0.2) is 17.6 Å². The number of para-hydroxylation sites is 1. The molecule has 3 N–H and O–H groups in total. The molecule has 1 atom stereocenters. The number of halogens is 2. The maximum Gasteiger partial charge on any atom is 0.252 e. The molecule has 0 fully saturated rings. The minimum Gasteiger partial charge on any atom is -0.507 e. The number of phenols is 1. The van der Waals surface area contributed by atoms with Crippen LogP contribution in [0.15, 0.2) is 30.3 Å². The lowest BCUT2D eigenvalue weighted by Crippen LogP contribution is -2.13. The van der Waals surface area contributed by atoms with E-state index in [0.29, 0.717) is 11.1 Å². The van der Waals surface area contributed by atoms with Crippen LogP contribution in [0.4, 0.5) is 8.78 Å². The molecule has 0 unspecified atom stereocenters. The first-order valence-corrected chi connectivity index (χ1v) is 6.22. The number of aromatic hydroxyl groups is 1. The average molecular weight is 291 g/mol. The van der Waals surface area contributed by atoms with Crippen molar-refractivity contribution in [3.05, 3.63) is 58.7 Å². The van der Waals surface area contributed by atoms with E-state index >= 15 is 0 Å². The second kappa shape index (κ2) is 4.73. The number of hydrogen-bond acceptors (Lipinski definition) is 3. The van der Waals surface area contributed by atoms with Crippen molar-refractivity contribution in [3.8, 4) is 11.5 Å². The lowest BCUT2D eigenvalue weighted by atomic mass is 9.91. The number of primary amides is 1. The number of amides is 1. The summed E-state index contributed by atoms with van der Waals surface area (Å²) in [5.41, 5.74) is 5.77. The van der Waals surface area contributed by atoms with Gasteiger partial charge in [0, 0.05) is 17.2 Å². The lowest BCUT2D eigenvalue weighted by Gasteiger charge is -2.13. The van der Waals surface area contributed by atoms with Gasteiger partial charge in [0.25, 0.3) is 5.91 Å². The monoisotopic (exact) mass is 291 g/mol. The van der Waals surface area contributed by atoms with Crippen molar-refractivity contribution >= 4 is 5.91 Å². The van der Waals surface area contributed by atoms with Crippen molar-refractivity contribution in [2.45, 2.75) is 5.92 Å². The molecule has 6 heteroatoms. The molecule has 1 aliphatic heterocycles. The highest BCUT2D eigenvalue weighted by Crippen LogP contribution is 2.43. The molecule has 2 aromatic carbocycles. The SMILES string of the molecule is NC(=O)c1cccc([C@@H]2COc3c(F)cc(F)cc32)c1O. The highest BCUT2D eigenvalue weighted by molar-refractivity contribution is 5.96. The van der Waals surface area contributed by atoms with Crippen molar-refractivity contribution in [3.63, 3.8) is 0 Å². The highest BCUT2D eigenvalue weighted by atomic mass is 19.1. The van der Waals surface area contributed by atoms with Crippen LogP contribution < -0.4 is 10.5 Å². The largest absolute Gasteiger partial charge is 0.507 e. The van der Waals surface area contributed by atoms with Gasteiger partial charge in [0.05, 0.1) is 18.1 Å². The van der Waals surface area contributed by atoms with Gasteiger partial charge >= 0.3 is 0 Å². The number of benzene rings is 2. The van der Waals surface area contributed by atoms with Gasteiger partial charge < -0.3 is 15.6 Å². The Morgan fingerprint density at radius 2 is 2.05 bits per heavy atom. The van der Waals surface area contributed by atoms with Crippen molar-refractivity contribution in [2.24, 2.45) is 5.73 Å². The van der Waals surface area contributed by atoms with Crippen LogP contribution in [0.3, 0.4) is 0 Å². The Hall–Kier alpha value is -2.63. The van der Waals surface area contributed by atoms with E-state index in [2.05, 4.69) is 0 Å². The summed E-state index contributed by atoms with van der Waals surface area (Å²) in [7, 11) is 0. The molecule has 1 heterocycles. The van der Waals surface area contributed by atoms with Crippen LogP contribution in [0.2, 0.25) is 0 Å². The second-order valence-electron chi connectivity index (χ2n) is 4.78. The predicted octanol–water partition coefficient (Wildman–Crippen LogP) is 2.29. The maximum absolute atomic E-state index is 13.6. The van der Waals surface area contributed by atoms with Crippen molar-refractivity contribution < 1.29 is 23.4 Å². The van der Waals surface area contributed by atoms with Gasteiger partial charge in [0.1, 0.15) is 11.6 Å². The molecule has 1 amide bonds. The molecule has 108 valence electrons. The topological polar surface area (TPSA) is 72.6 Å². The zero-order chi connectivity index (χ0) is 15.1. The van der Waals surface area contributed by atoms with E-state index in [4.69, 9.17) is 10.5 Å². The fourth-order valence-corrected chi connectivity index (χ4v) is 2.55. The highest BCUT2D eigenvalue weighted by Gasteiger charge is 2.31. The third-order valence-corrected chi connectivity index (χ3v) is 3.51. The number of carbonyl (C=O) groups excluding carboxylic acids is 1. The van der Waals surface area contributed by atoms with E-state index in [-0.39, 0.29) is 23.7 Å². The molecule has 0 aliphatic carbocycles. The van der Waals surface area contributed by atoms with E-state index in [9.17, 15) is 18.7 Å². The Morgan fingerprint density at radius 1 is 1.29 bits per heavy atom. The summed E-state index contributed by atoms with van der Waals surface area (Å²) in [6.07, 6.45) is 0. The van der Waals surface area contributed by atoms with Gasteiger partial charge in [-0.15, -0.1) is 0 Å². The molecular weight excluding hydrogens is 280 g/mol. The van der Waals surface area contributed by atoms with Gasteiger partial charge in [-0.3, -0.25) is 4.79 Å². The molecule has 0 aromatic heterocycles. The average Bonchev–Trinajstić information content (AvgIpc) is 2.82. The first-order chi connectivity index (χ1) is 9.99. The van der Waals surface area contributed by atoms with Gasteiger partial charge in [0.2, 0.25) is 0 Å². The molecule has 0 saturated carbocycles. The molecule has 3 rings (SSSR count). The van der Waals surface area contributed by atoms with E-state index in [0.717, 1.165) is 12.1 Å². The minimum atomic E-state index is -0.793. The van der Waals surface area contributed by atoms with Crippen LogP contribution >= 0.6 is 0 Å². The van der Waals surface area contributed by atoms with Gasteiger partial charge in [0.15, 0.2) is 11.6 Å². The Labute approximate surface area is 118 Å². The maximum atomic E-state index is 13.6. The molecule has 0 radical (unpaired) electrons. The van der Waals surface area contributed by atoms with Crippen LogP contribution in [0.1, 0.15) is 27.4 Å². The van der Waals surface area contributed by atoms with E-state index < -0.39 is 23.5 Å². The van der Waals surface area contributed by atoms with E-state index in [1.54, 1.807) is 12.1 Å². The Bertz CT molecular complexity index is 746. The molecule has 1 aliphatic rings. The molecule has 2 aromatic rings. The zero-order valence-corrected chi connectivity index (χ0v) is 10.8. The summed E-state index contributed by atoms with van der Waals surface area (Å²) in [6.45, 7) is 0.0471. The summed E-state index contributed by atoms with van der Waals surface area (Å²) < 4.78 is 32.3. The quantitative estimate of drug-likeness (QED) is 0.891. The summed E-state index contributed by atoms with van der Waals surface area (Å²) in [5.74, 6) is -3.20. The number of hydrogen-bond donors (Lipinski definition) is 2. The fourth-order valence-electron chi connectivity index (χ4n) is 2.55. The first kappa shape index (κ1) is 13.4. The third kappa shape index (κ3) is 2.08. The van der Waals surface area contributed by atoms with Crippen LogP contribution in [-0.2, 0) is 0 Å². The Morgan fingerprint density at radius 3 is 2.76 bits per heavy atom. The zero-order valence-electron chi connectivity index (χ0n) is 10.8. The molecule has 0 bridgehead atoms. The van der Waals surface area contributed by atoms with Gasteiger partial charge in [-0.05, 0) is 12.1 Å². The van der Waals surface area contributed by atoms with Gasteiger partial charge in [-0.2, -0.15) is 0 Å². The Kier molecular flexibility index (Phi) is 3.01. The number of fused-ring (bicyclic) bond motifs is 1. The van der Waals surface area contributed by atoms with Gasteiger partial charge in [-0.1, -0.05) is 12.1 Å². The number of nitrogens with two attached hydrogens (primary N) is 1. The summed E-state index contributed by atoms with van der Waals surface area (Å²) in [6, 6.07) is 6.38. The molecule has 21 heavy (non-hydrogen) atoms. The fraction of sp³-hybridized carbons (Fsp3) is 0.133. The molecular formula is C15H11F2NO3. The number of ether oxygens (including phenoxy) is 1. The normalized spacial score (nSPS) is 16.4. The van der Waals surface area contributed by atoms with Crippen LogP contribution in [0.25, 0.3) is 0 Å². The number of carbonyl (C=O) groups is 1. The molecule has 4 nitrogen and oxygen atoms in total. The first-order valence-electron chi connectivity index (χ1n) is 6.22. The lowest BCUT2D eigenvalue weighted by molar-refractivity contribution is 0.0997. The summed E-state index contributed by atoms with van der Waals surface area (Å²) in [5, 5.41) is 10.1. The summed E-state index contributed by atoms with van der Waals surface area (Å²) in [4.78, 5) is 11.3. The van der Waals surface area contributed by atoms with Crippen molar-refractivity contribution in [1.29, 1.82) is 0 Å². The smallest absolute Gasteiger partial charge is 0.252 e. The Balaban J connectivity index is 2.14. The molecule has 0 saturated heterocycles. The van der Waals surface area contributed by atoms with Crippen molar-refractivity contribution in [1.82, 2.24) is 0 Å². The van der Waals surface area contributed by atoms with Crippen LogP contribution in [0.5, 0.6) is 11.5 Å². The molecule has 0 spiro atoms. The summed E-state index contributed by atoms with van der Waals surface area (Å²) >= 11 is 0. The third-order valence-electron chi connectivity index (χ3n) is 3.51. The van der Waals surface area contributed by atoms with Crippen molar-refractivity contribution in [2.75, 3.05) is 6.61 Å².